The van der Waals surface area contributed by atoms with Gasteiger partial charge in [-0.25, -0.2) is 0 Å². The second-order valence-corrected chi connectivity index (χ2v) is 4.85. The minimum atomic E-state index is 0.881. The summed E-state index contributed by atoms with van der Waals surface area (Å²) in [7, 11) is 0. The van der Waals surface area contributed by atoms with Crippen molar-refractivity contribution in [2.24, 2.45) is 11.8 Å². The van der Waals surface area contributed by atoms with Crippen LogP contribution in [0.1, 0.15) is 66.2 Å². The highest BCUT2D eigenvalue weighted by Gasteiger charge is 2.14. The highest BCUT2D eigenvalue weighted by molar-refractivity contribution is 4.68. The molecule has 0 saturated carbocycles. The van der Waals surface area contributed by atoms with Crippen LogP contribution in [0.15, 0.2) is 0 Å². The molecule has 0 bridgehead atoms. The SMILES string of the molecule is CCCCC[C@H](CNCCC)C(C)CC. The minimum Gasteiger partial charge on any atom is -0.316 e. The molecule has 1 unspecified atom stereocenters. The van der Waals surface area contributed by atoms with Gasteiger partial charge in [0.25, 0.3) is 0 Å². The largest absolute Gasteiger partial charge is 0.316 e. The fraction of sp³-hybridized carbons (Fsp3) is 1.00. The molecule has 0 rings (SSSR count). The van der Waals surface area contributed by atoms with Crippen molar-refractivity contribution in [3.8, 4) is 0 Å². The zero-order valence-corrected chi connectivity index (χ0v) is 11.3. The molecular weight excluding hydrogens is 182 g/mol. The maximum absolute atomic E-state index is 3.58. The molecule has 2 atom stereocenters. The normalized spacial score (nSPS) is 15.2. The van der Waals surface area contributed by atoms with Crippen LogP contribution in [0.5, 0.6) is 0 Å². The van der Waals surface area contributed by atoms with Crippen molar-refractivity contribution in [2.75, 3.05) is 13.1 Å². The summed E-state index contributed by atoms with van der Waals surface area (Å²) in [6.45, 7) is 11.7. The van der Waals surface area contributed by atoms with E-state index in [1.54, 1.807) is 0 Å². The Balaban J connectivity index is 3.73. The summed E-state index contributed by atoms with van der Waals surface area (Å²) in [5.74, 6) is 1.78. The number of rotatable bonds is 10. The van der Waals surface area contributed by atoms with Gasteiger partial charge in [0, 0.05) is 0 Å². The van der Waals surface area contributed by atoms with Crippen LogP contribution in [0.4, 0.5) is 0 Å². The van der Waals surface area contributed by atoms with Crippen LogP contribution < -0.4 is 5.32 Å². The van der Waals surface area contributed by atoms with E-state index in [4.69, 9.17) is 0 Å². The smallest absolute Gasteiger partial charge is 0.00180 e. The molecule has 0 fully saturated rings. The van der Waals surface area contributed by atoms with Gasteiger partial charge in [-0.3, -0.25) is 0 Å². The lowest BCUT2D eigenvalue weighted by Crippen LogP contribution is -2.27. The fourth-order valence-corrected chi connectivity index (χ4v) is 2.04. The molecule has 92 valence electrons. The summed E-state index contributed by atoms with van der Waals surface area (Å²) in [6, 6.07) is 0. The van der Waals surface area contributed by atoms with Crippen molar-refractivity contribution >= 4 is 0 Å². The van der Waals surface area contributed by atoms with Crippen LogP contribution in [0.2, 0.25) is 0 Å². The quantitative estimate of drug-likeness (QED) is 0.536. The molecule has 0 heterocycles. The third kappa shape index (κ3) is 7.84. The summed E-state index contributed by atoms with van der Waals surface area (Å²) in [5.41, 5.74) is 0. The van der Waals surface area contributed by atoms with Gasteiger partial charge in [-0.2, -0.15) is 0 Å². The van der Waals surface area contributed by atoms with Crippen molar-refractivity contribution in [2.45, 2.75) is 66.2 Å². The first-order chi connectivity index (χ1) is 7.26. The van der Waals surface area contributed by atoms with Gasteiger partial charge in [0.05, 0.1) is 0 Å². The lowest BCUT2D eigenvalue weighted by Gasteiger charge is -2.23. The predicted octanol–water partition coefficient (Wildman–Crippen LogP) is 4.23. The van der Waals surface area contributed by atoms with Gasteiger partial charge in [-0.15, -0.1) is 0 Å². The van der Waals surface area contributed by atoms with Gasteiger partial charge in [0.2, 0.25) is 0 Å². The van der Waals surface area contributed by atoms with E-state index in [-0.39, 0.29) is 0 Å². The van der Waals surface area contributed by atoms with Crippen molar-refractivity contribution in [3.05, 3.63) is 0 Å². The summed E-state index contributed by atoms with van der Waals surface area (Å²) >= 11 is 0. The van der Waals surface area contributed by atoms with Crippen molar-refractivity contribution in [1.82, 2.24) is 5.32 Å². The Kier molecular flexibility index (Phi) is 10.4. The standard InChI is InChI=1S/C14H31N/c1-5-8-9-10-14(13(4)7-3)12-15-11-6-2/h13-15H,5-12H2,1-4H3/t13?,14-/m1/s1. The Bertz CT molecular complexity index is 113. The molecule has 0 saturated heterocycles. The molecule has 0 radical (unpaired) electrons. The first kappa shape index (κ1) is 15.0. The maximum atomic E-state index is 3.58. The molecule has 1 nitrogen and oxygen atoms in total. The molecule has 0 spiro atoms. The molecule has 15 heavy (non-hydrogen) atoms. The van der Waals surface area contributed by atoms with E-state index in [0.29, 0.717) is 0 Å². The molecule has 0 aliphatic heterocycles. The van der Waals surface area contributed by atoms with Gasteiger partial charge in [-0.05, 0) is 37.8 Å². The number of nitrogens with one attached hydrogen (secondary N) is 1. The molecule has 0 aromatic carbocycles. The highest BCUT2D eigenvalue weighted by Crippen LogP contribution is 2.21. The van der Waals surface area contributed by atoms with E-state index in [1.807, 2.05) is 0 Å². The minimum absolute atomic E-state index is 0.881. The first-order valence-electron chi connectivity index (χ1n) is 6.96. The van der Waals surface area contributed by atoms with Crippen molar-refractivity contribution < 1.29 is 0 Å². The van der Waals surface area contributed by atoms with Gasteiger partial charge in [0.15, 0.2) is 0 Å². The second-order valence-electron chi connectivity index (χ2n) is 4.85. The summed E-state index contributed by atoms with van der Waals surface area (Å²) in [6.07, 6.45) is 8.15. The molecule has 0 amide bonds. The molecule has 0 aromatic heterocycles. The average Bonchev–Trinajstić information content (AvgIpc) is 2.26. The topological polar surface area (TPSA) is 12.0 Å². The lowest BCUT2D eigenvalue weighted by molar-refractivity contribution is 0.304. The Morgan fingerprint density at radius 1 is 1.00 bits per heavy atom. The number of hydrogen-bond donors (Lipinski definition) is 1. The van der Waals surface area contributed by atoms with E-state index in [2.05, 4.69) is 33.0 Å². The van der Waals surface area contributed by atoms with Crippen molar-refractivity contribution in [3.63, 3.8) is 0 Å². The predicted molar refractivity (Wildman–Crippen MR) is 70.2 cm³/mol. The van der Waals surface area contributed by atoms with E-state index in [1.165, 1.54) is 51.6 Å². The van der Waals surface area contributed by atoms with Gasteiger partial charge in [0.1, 0.15) is 0 Å². The van der Waals surface area contributed by atoms with Gasteiger partial charge >= 0.3 is 0 Å². The Morgan fingerprint density at radius 3 is 2.27 bits per heavy atom. The van der Waals surface area contributed by atoms with Crippen LogP contribution in [0.25, 0.3) is 0 Å². The Morgan fingerprint density at radius 2 is 1.73 bits per heavy atom. The van der Waals surface area contributed by atoms with Crippen molar-refractivity contribution in [1.29, 1.82) is 0 Å². The molecule has 0 aliphatic carbocycles. The molecular formula is C14H31N. The second kappa shape index (κ2) is 10.5. The van der Waals surface area contributed by atoms with Gasteiger partial charge < -0.3 is 5.32 Å². The number of hydrogen-bond acceptors (Lipinski definition) is 1. The zero-order valence-electron chi connectivity index (χ0n) is 11.3. The Hall–Kier alpha value is -0.0400. The third-order valence-corrected chi connectivity index (χ3v) is 3.46. The fourth-order valence-electron chi connectivity index (χ4n) is 2.04. The van der Waals surface area contributed by atoms with Crippen LogP contribution >= 0.6 is 0 Å². The van der Waals surface area contributed by atoms with E-state index in [0.717, 1.165) is 11.8 Å². The molecule has 1 N–H and O–H groups in total. The van der Waals surface area contributed by atoms with E-state index in [9.17, 15) is 0 Å². The average molecular weight is 213 g/mol. The Labute approximate surface area is 97.0 Å². The van der Waals surface area contributed by atoms with Crippen LogP contribution in [-0.4, -0.2) is 13.1 Å². The number of unbranched alkanes of at least 4 members (excludes halogenated alkanes) is 2. The highest BCUT2D eigenvalue weighted by atomic mass is 14.9. The molecule has 0 aliphatic rings. The van der Waals surface area contributed by atoms with E-state index >= 15 is 0 Å². The van der Waals surface area contributed by atoms with E-state index < -0.39 is 0 Å². The third-order valence-electron chi connectivity index (χ3n) is 3.46. The zero-order chi connectivity index (χ0) is 11.5. The van der Waals surface area contributed by atoms with Crippen LogP contribution in [0, 0.1) is 11.8 Å². The van der Waals surface area contributed by atoms with Gasteiger partial charge in [-0.1, -0.05) is 53.4 Å². The molecule has 0 aromatic rings. The lowest BCUT2D eigenvalue weighted by atomic mass is 9.87. The summed E-state index contributed by atoms with van der Waals surface area (Å²) < 4.78 is 0. The summed E-state index contributed by atoms with van der Waals surface area (Å²) in [5, 5.41) is 3.58. The first-order valence-corrected chi connectivity index (χ1v) is 6.96. The monoisotopic (exact) mass is 213 g/mol. The summed E-state index contributed by atoms with van der Waals surface area (Å²) in [4.78, 5) is 0. The van der Waals surface area contributed by atoms with Crippen LogP contribution in [0.3, 0.4) is 0 Å². The molecule has 1 heteroatoms. The maximum Gasteiger partial charge on any atom is -0.00180 e. The van der Waals surface area contributed by atoms with Crippen LogP contribution in [-0.2, 0) is 0 Å².